The summed E-state index contributed by atoms with van der Waals surface area (Å²) >= 11 is 7.17. The van der Waals surface area contributed by atoms with Crippen molar-refractivity contribution < 1.29 is 8.42 Å². The van der Waals surface area contributed by atoms with Crippen LogP contribution in [0.15, 0.2) is 53.4 Å². The van der Waals surface area contributed by atoms with Crippen molar-refractivity contribution in [1.29, 1.82) is 0 Å². The first-order chi connectivity index (χ1) is 14.2. The number of thiazole rings is 1. The zero-order valence-corrected chi connectivity index (χ0v) is 20.0. The van der Waals surface area contributed by atoms with E-state index in [0.717, 1.165) is 15.0 Å². The number of hydrogen-bond donors (Lipinski definition) is 0. The van der Waals surface area contributed by atoms with Crippen molar-refractivity contribution in [3.63, 3.8) is 0 Å². The van der Waals surface area contributed by atoms with E-state index in [1.54, 1.807) is 27.8 Å². The van der Waals surface area contributed by atoms with Crippen LogP contribution in [0.5, 0.6) is 0 Å². The number of benzene rings is 2. The molecule has 1 aliphatic heterocycles. The monoisotopic (exact) mass is 461 g/mol. The highest BCUT2D eigenvalue weighted by atomic mass is 32.2. The normalized spacial score (nSPS) is 16.9. The van der Waals surface area contributed by atoms with Gasteiger partial charge in [-0.1, -0.05) is 45.0 Å². The second-order valence-electron chi connectivity index (χ2n) is 8.70. The van der Waals surface area contributed by atoms with Crippen LogP contribution < -0.4 is 0 Å². The minimum absolute atomic E-state index is 0.000964. The topological polar surface area (TPSA) is 45.6 Å². The lowest BCUT2D eigenvalue weighted by Crippen LogP contribution is -2.48. The molecule has 0 bridgehead atoms. The van der Waals surface area contributed by atoms with E-state index in [0.29, 0.717) is 37.7 Å². The largest absolute Gasteiger partial charge is 0.309 e. The molecule has 1 saturated heterocycles. The molecule has 8 heteroatoms. The highest BCUT2D eigenvalue weighted by molar-refractivity contribution is 7.89. The Balaban J connectivity index is 1.45. The number of aromatic nitrogens is 1. The second kappa shape index (κ2) is 8.16. The van der Waals surface area contributed by atoms with E-state index in [2.05, 4.69) is 42.4 Å². The van der Waals surface area contributed by atoms with Gasteiger partial charge in [-0.15, -0.1) is 11.3 Å². The fourth-order valence-corrected chi connectivity index (χ4v) is 6.47. The van der Waals surface area contributed by atoms with Gasteiger partial charge in [-0.2, -0.15) is 4.31 Å². The van der Waals surface area contributed by atoms with E-state index < -0.39 is 10.0 Å². The molecular weight excluding hydrogens is 434 g/mol. The molecule has 160 valence electrons. The summed E-state index contributed by atoms with van der Waals surface area (Å²) in [6.45, 7) is 9.40. The predicted octanol–water partition coefficient (Wildman–Crippen LogP) is 4.69. The van der Waals surface area contributed by atoms with Crippen molar-refractivity contribution in [2.24, 2.45) is 0 Å². The Hall–Kier alpha value is -1.58. The molecule has 3 aromatic rings. The Labute approximate surface area is 187 Å². The van der Waals surface area contributed by atoms with Gasteiger partial charge < -0.3 is 4.57 Å². The molecule has 1 fully saturated rings. The smallest absolute Gasteiger partial charge is 0.243 e. The summed E-state index contributed by atoms with van der Waals surface area (Å²) in [5, 5.41) is 0. The Morgan fingerprint density at radius 2 is 1.60 bits per heavy atom. The fourth-order valence-electron chi connectivity index (χ4n) is 3.74. The average Bonchev–Trinajstić information content (AvgIpc) is 3.03. The van der Waals surface area contributed by atoms with Crippen LogP contribution >= 0.6 is 23.6 Å². The molecule has 0 N–H and O–H groups in total. The Morgan fingerprint density at radius 1 is 0.967 bits per heavy atom. The molecule has 0 saturated carbocycles. The van der Waals surface area contributed by atoms with Crippen LogP contribution in [0.2, 0.25) is 0 Å². The number of fused-ring (bicyclic) bond motifs is 1. The molecule has 5 nitrogen and oxygen atoms in total. The van der Waals surface area contributed by atoms with Crippen LogP contribution in [0.4, 0.5) is 0 Å². The van der Waals surface area contributed by atoms with Crippen LogP contribution in [0.1, 0.15) is 26.3 Å². The van der Waals surface area contributed by atoms with Crippen LogP contribution in [0, 0.1) is 3.95 Å². The molecule has 0 amide bonds. The zero-order valence-electron chi connectivity index (χ0n) is 17.5. The lowest BCUT2D eigenvalue weighted by molar-refractivity contribution is 0.154. The molecule has 1 aliphatic rings. The first-order valence-corrected chi connectivity index (χ1v) is 12.7. The van der Waals surface area contributed by atoms with Crippen molar-refractivity contribution in [1.82, 2.24) is 13.8 Å². The highest BCUT2D eigenvalue weighted by Crippen LogP contribution is 2.26. The summed E-state index contributed by atoms with van der Waals surface area (Å²) in [5.41, 5.74) is 2.27. The maximum atomic E-state index is 13.1. The third-order valence-corrected chi connectivity index (χ3v) is 8.95. The molecule has 0 unspecified atom stereocenters. The van der Waals surface area contributed by atoms with Crippen LogP contribution in [0.3, 0.4) is 0 Å². The van der Waals surface area contributed by atoms with Gasteiger partial charge in [0.25, 0.3) is 0 Å². The van der Waals surface area contributed by atoms with Crippen molar-refractivity contribution >= 4 is 43.8 Å². The summed E-state index contributed by atoms with van der Waals surface area (Å²) in [6.07, 6.45) is 0. The SMILES string of the molecule is CC(C)(C)c1ccc(S(=O)(=O)N2CCN(Cn3c(=S)sc4ccccc43)CC2)cc1. The van der Waals surface area contributed by atoms with E-state index in [1.165, 1.54) is 4.70 Å². The predicted molar refractivity (Wildman–Crippen MR) is 126 cm³/mol. The minimum Gasteiger partial charge on any atom is -0.309 e. The minimum atomic E-state index is -3.47. The Kier molecular flexibility index (Phi) is 5.89. The number of piperazine rings is 1. The van der Waals surface area contributed by atoms with E-state index >= 15 is 0 Å². The molecule has 1 aromatic heterocycles. The third-order valence-electron chi connectivity index (χ3n) is 5.60. The van der Waals surface area contributed by atoms with Crippen molar-refractivity contribution in [2.45, 2.75) is 37.8 Å². The number of sulfonamides is 1. The van der Waals surface area contributed by atoms with E-state index in [9.17, 15) is 8.42 Å². The number of para-hydroxylation sites is 1. The van der Waals surface area contributed by atoms with Gasteiger partial charge in [0.2, 0.25) is 10.0 Å². The summed E-state index contributed by atoms with van der Waals surface area (Å²) in [4.78, 5) is 2.64. The van der Waals surface area contributed by atoms with Gasteiger partial charge >= 0.3 is 0 Å². The van der Waals surface area contributed by atoms with Gasteiger partial charge in [-0.25, -0.2) is 8.42 Å². The molecule has 4 rings (SSSR count). The van der Waals surface area contributed by atoms with Crippen LogP contribution in [0.25, 0.3) is 10.2 Å². The van der Waals surface area contributed by atoms with E-state index in [1.807, 2.05) is 24.3 Å². The summed E-state index contributed by atoms with van der Waals surface area (Å²) in [7, 11) is -3.47. The summed E-state index contributed by atoms with van der Waals surface area (Å²) in [5.74, 6) is 0. The number of nitrogens with zero attached hydrogens (tertiary/aromatic N) is 3. The first kappa shape index (κ1) is 21.6. The van der Waals surface area contributed by atoms with Gasteiger partial charge in [0.1, 0.15) is 0 Å². The van der Waals surface area contributed by atoms with E-state index in [-0.39, 0.29) is 5.41 Å². The van der Waals surface area contributed by atoms with Gasteiger partial charge in [-0.05, 0) is 47.5 Å². The zero-order chi connectivity index (χ0) is 21.5. The lowest BCUT2D eigenvalue weighted by atomic mass is 9.87. The molecular formula is C22H27N3O2S3. The maximum Gasteiger partial charge on any atom is 0.243 e. The standard InChI is InChI=1S/C22H27N3O2S3/c1-22(2,3)17-8-10-18(11-9-17)30(26,27)24-14-12-23(13-15-24)16-25-19-6-4-5-7-20(19)29-21(25)28/h4-11H,12-16H2,1-3H3. The Morgan fingerprint density at radius 3 is 2.23 bits per heavy atom. The van der Waals surface area contributed by atoms with Crippen LogP contribution in [-0.2, 0) is 22.1 Å². The molecule has 2 aromatic carbocycles. The van der Waals surface area contributed by atoms with Gasteiger partial charge in [0.15, 0.2) is 3.95 Å². The van der Waals surface area contributed by atoms with Gasteiger partial charge in [0.05, 0.1) is 21.8 Å². The molecule has 0 aliphatic carbocycles. The van der Waals surface area contributed by atoms with Crippen LogP contribution in [-0.4, -0.2) is 48.4 Å². The highest BCUT2D eigenvalue weighted by Gasteiger charge is 2.29. The van der Waals surface area contributed by atoms with Gasteiger partial charge in [0, 0.05) is 26.2 Å². The van der Waals surface area contributed by atoms with Crippen molar-refractivity contribution in [2.75, 3.05) is 26.2 Å². The molecule has 0 radical (unpaired) electrons. The summed E-state index contributed by atoms with van der Waals surface area (Å²) in [6, 6.07) is 15.5. The molecule has 2 heterocycles. The number of rotatable bonds is 4. The lowest BCUT2D eigenvalue weighted by Gasteiger charge is -2.34. The van der Waals surface area contributed by atoms with Gasteiger partial charge in [-0.3, -0.25) is 4.90 Å². The fraction of sp³-hybridized carbons (Fsp3) is 0.409. The van der Waals surface area contributed by atoms with E-state index in [4.69, 9.17) is 12.2 Å². The van der Waals surface area contributed by atoms with Crippen molar-refractivity contribution in [3.8, 4) is 0 Å². The quantitative estimate of drug-likeness (QED) is 0.529. The first-order valence-electron chi connectivity index (χ1n) is 10.1. The second-order valence-corrected chi connectivity index (χ2v) is 12.3. The Bertz CT molecular complexity index is 1200. The average molecular weight is 462 g/mol. The molecule has 30 heavy (non-hydrogen) atoms. The van der Waals surface area contributed by atoms with Crippen molar-refractivity contribution in [3.05, 3.63) is 58.0 Å². The summed E-state index contributed by atoms with van der Waals surface area (Å²) < 4.78 is 32.0. The molecule has 0 spiro atoms. The number of hydrogen-bond acceptors (Lipinski definition) is 5. The maximum absolute atomic E-state index is 13.1. The molecule has 0 atom stereocenters. The third kappa shape index (κ3) is 4.24.